The summed E-state index contributed by atoms with van der Waals surface area (Å²) in [5.41, 5.74) is -4.31. The van der Waals surface area contributed by atoms with E-state index in [1.807, 2.05) is 0 Å². The lowest BCUT2D eigenvalue weighted by atomic mass is 9.89. The number of aliphatic hydroxyl groups excluding tert-OH is 1. The molecule has 0 amide bonds. The fourth-order valence-electron chi connectivity index (χ4n) is 2.76. The van der Waals surface area contributed by atoms with Gasteiger partial charge in [0.2, 0.25) is 0 Å². The highest BCUT2D eigenvalue weighted by Crippen LogP contribution is 2.43. The highest BCUT2D eigenvalue weighted by atomic mass is 32.1. The van der Waals surface area contributed by atoms with E-state index in [2.05, 4.69) is 0 Å². The van der Waals surface area contributed by atoms with Crippen LogP contribution in [0.1, 0.15) is 38.7 Å². The number of hydrogen-bond acceptors (Lipinski definition) is 4. The van der Waals surface area contributed by atoms with Crippen LogP contribution in [0.25, 0.3) is 0 Å². The monoisotopic (exact) mass is 477 g/mol. The maximum atomic E-state index is 13.0. The lowest BCUT2D eigenvalue weighted by Crippen LogP contribution is -2.22. The van der Waals surface area contributed by atoms with E-state index in [4.69, 9.17) is 4.74 Å². The number of aliphatic hydroxyl groups is 1. The van der Waals surface area contributed by atoms with E-state index in [-0.39, 0.29) is 34.4 Å². The molecule has 0 aliphatic rings. The molecule has 170 valence electrons. The van der Waals surface area contributed by atoms with Gasteiger partial charge in [0, 0.05) is 12.0 Å². The molecule has 1 N–H and O–H groups in total. The van der Waals surface area contributed by atoms with E-state index in [1.54, 1.807) is 0 Å². The van der Waals surface area contributed by atoms with Crippen LogP contribution >= 0.6 is 11.3 Å². The van der Waals surface area contributed by atoms with Crippen LogP contribution in [0, 0.1) is 17.2 Å². The van der Waals surface area contributed by atoms with Crippen LogP contribution in [-0.2, 0) is 23.3 Å². The van der Waals surface area contributed by atoms with Gasteiger partial charge in [0.05, 0.1) is 23.3 Å². The van der Waals surface area contributed by atoms with Crippen molar-refractivity contribution in [2.75, 3.05) is 7.11 Å². The van der Waals surface area contributed by atoms with E-state index in [0.717, 1.165) is 13.2 Å². The second kappa shape index (κ2) is 8.68. The van der Waals surface area contributed by atoms with Gasteiger partial charge in [0.1, 0.15) is 16.9 Å². The number of rotatable bonds is 5. The molecule has 3 nitrogen and oxygen atoms in total. The van der Waals surface area contributed by atoms with Gasteiger partial charge in [-0.25, -0.2) is 0 Å². The summed E-state index contributed by atoms with van der Waals surface area (Å²) < 4.78 is 122. The van der Waals surface area contributed by atoms with Gasteiger partial charge in [-0.05, 0) is 35.9 Å². The molecule has 0 spiro atoms. The highest BCUT2D eigenvalue weighted by Gasteiger charge is 2.40. The molecule has 0 saturated heterocycles. The number of hydrogen-bond donors (Lipinski definition) is 1. The third kappa shape index (κ3) is 5.69. The number of methoxy groups -OCH3 is 1. The zero-order chi connectivity index (χ0) is 23.8. The minimum atomic E-state index is -5.19. The lowest BCUT2D eigenvalue weighted by molar-refractivity contribution is -0.143. The molecule has 0 fully saturated rings. The molecule has 0 bridgehead atoms. The Bertz CT molecular complexity index is 924. The molecule has 2 rings (SSSR count). The van der Waals surface area contributed by atoms with Crippen molar-refractivity contribution in [1.29, 1.82) is 5.26 Å². The first kappa shape index (κ1) is 25.0. The molecular formula is C18H12F9NO2S. The summed E-state index contributed by atoms with van der Waals surface area (Å²) in [4.78, 5) is -1.25. The second-order valence-corrected chi connectivity index (χ2v) is 7.41. The summed E-state index contributed by atoms with van der Waals surface area (Å²) in [6, 6.07) is 3.46. The van der Waals surface area contributed by atoms with Crippen LogP contribution in [0.5, 0.6) is 0 Å². The van der Waals surface area contributed by atoms with Crippen molar-refractivity contribution in [1.82, 2.24) is 0 Å². The number of benzene rings is 1. The molecular weight excluding hydrogens is 465 g/mol. The van der Waals surface area contributed by atoms with Crippen molar-refractivity contribution in [2.24, 2.45) is 5.92 Å². The third-order valence-electron chi connectivity index (χ3n) is 4.21. The Balaban J connectivity index is 2.52. The van der Waals surface area contributed by atoms with Gasteiger partial charge in [-0.2, -0.15) is 44.8 Å². The van der Waals surface area contributed by atoms with E-state index in [1.165, 1.54) is 6.07 Å². The Morgan fingerprint density at radius 3 is 1.77 bits per heavy atom. The largest absolute Gasteiger partial charge is 0.425 e. The Morgan fingerprint density at radius 1 is 0.903 bits per heavy atom. The van der Waals surface area contributed by atoms with E-state index in [0.29, 0.717) is 6.07 Å². The van der Waals surface area contributed by atoms with Crippen molar-refractivity contribution in [3.63, 3.8) is 0 Å². The molecule has 1 aromatic carbocycles. The smallest absolute Gasteiger partial charge is 0.387 e. The van der Waals surface area contributed by atoms with Gasteiger partial charge in [0.25, 0.3) is 0 Å². The van der Waals surface area contributed by atoms with Crippen LogP contribution in [0.3, 0.4) is 0 Å². The average Bonchev–Trinajstić information content (AvgIpc) is 3.14. The number of ether oxygens (including phenoxy) is 1. The van der Waals surface area contributed by atoms with Crippen molar-refractivity contribution < 1.29 is 49.4 Å². The molecule has 0 aliphatic carbocycles. The SMILES string of the molecule is COC(c1ccc(C(F)(F)F)s1)C(C#N)C(O)c1cc(C(F)(F)F)cc(C(F)(F)F)c1. The molecule has 2 aromatic rings. The van der Waals surface area contributed by atoms with Crippen LogP contribution in [-0.4, -0.2) is 12.2 Å². The summed E-state index contributed by atoms with van der Waals surface area (Å²) in [5.74, 6) is -1.81. The quantitative estimate of drug-likeness (QED) is 0.510. The molecule has 13 heteroatoms. The van der Waals surface area contributed by atoms with Crippen molar-refractivity contribution in [2.45, 2.75) is 30.7 Å². The normalized spacial score (nSPS) is 15.9. The van der Waals surface area contributed by atoms with Crippen molar-refractivity contribution in [3.05, 3.63) is 56.8 Å². The highest BCUT2D eigenvalue weighted by molar-refractivity contribution is 7.12. The Morgan fingerprint density at radius 2 is 1.42 bits per heavy atom. The maximum Gasteiger partial charge on any atom is 0.425 e. The van der Waals surface area contributed by atoms with Gasteiger partial charge in [-0.1, -0.05) is 0 Å². The lowest BCUT2D eigenvalue weighted by Gasteiger charge is -2.25. The molecule has 3 unspecified atom stereocenters. The first-order chi connectivity index (χ1) is 14.1. The zero-order valence-corrected chi connectivity index (χ0v) is 16.0. The number of nitriles is 1. The fourth-order valence-corrected chi connectivity index (χ4v) is 3.76. The van der Waals surface area contributed by atoms with Gasteiger partial charge in [-0.3, -0.25) is 0 Å². The first-order valence-electron chi connectivity index (χ1n) is 8.16. The number of thiophene rings is 1. The van der Waals surface area contributed by atoms with Gasteiger partial charge in [0.15, 0.2) is 0 Å². The average molecular weight is 477 g/mol. The summed E-state index contributed by atoms with van der Waals surface area (Å²) in [5, 5.41) is 19.8. The van der Waals surface area contributed by atoms with Crippen LogP contribution in [0.2, 0.25) is 0 Å². The molecule has 31 heavy (non-hydrogen) atoms. The standard InChI is InChI=1S/C18H12F9NO2S/c1-30-15(12-2-3-13(31-12)18(25,26)27)11(7-28)14(29)8-4-9(16(19,20)21)6-10(5-8)17(22,23)24/h2-6,11,14-15,29H,1H3. The predicted molar refractivity (Wildman–Crippen MR) is 89.6 cm³/mol. The van der Waals surface area contributed by atoms with Gasteiger partial charge < -0.3 is 9.84 Å². The minimum Gasteiger partial charge on any atom is -0.387 e. The Hall–Kier alpha value is -2.30. The summed E-state index contributed by atoms with van der Waals surface area (Å²) >= 11 is 0.171. The minimum absolute atomic E-state index is 0.152. The van der Waals surface area contributed by atoms with E-state index in [9.17, 15) is 49.9 Å². The summed E-state index contributed by atoms with van der Waals surface area (Å²) in [6.07, 6.45) is -18.9. The van der Waals surface area contributed by atoms with Crippen LogP contribution in [0.15, 0.2) is 30.3 Å². The van der Waals surface area contributed by atoms with E-state index >= 15 is 0 Å². The van der Waals surface area contributed by atoms with Crippen molar-refractivity contribution in [3.8, 4) is 6.07 Å². The molecule has 0 saturated carbocycles. The maximum absolute atomic E-state index is 13.0. The van der Waals surface area contributed by atoms with Crippen molar-refractivity contribution >= 4 is 11.3 Å². The van der Waals surface area contributed by atoms with Gasteiger partial charge in [-0.15, -0.1) is 11.3 Å². The number of halogens is 9. The molecule has 3 atom stereocenters. The fraction of sp³-hybridized carbons (Fsp3) is 0.389. The second-order valence-electron chi connectivity index (χ2n) is 6.30. The molecule has 1 heterocycles. The van der Waals surface area contributed by atoms with Crippen LogP contribution < -0.4 is 0 Å². The molecule has 1 aromatic heterocycles. The topological polar surface area (TPSA) is 53.2 Å². The molecule has 0 aliphatic heterocycles. The van der Waals surface area contributed by atoms with E-state index < -0.39 is 58.2 Å². The van der Waals surface area contributed by atoms with Crippen LogP contribution in [0.4, 0.5) is 39.5 Å². The Kier molecular flexibility index (Phi) is 6.99. The third-order valence-corrected chi connectivity index (χ3v) is 5.40. The summed E-state index contributed by atoms with van der Waals surface area (Å²) in [6.45, 7) is 0. The number of nitrogens with zero attached hydrogens (tertiary/aromatic N) is 1. The Labute approximate surface area is 173 Å². The summed E-state index contributed by atoms with van der Waals surface area (Å²) in [7, 11) is 0.974. The number of alkyl halides is 9. The molecule has 0 radical (unpaired) electrons. The predicted octanol–water partition coefficient (Wildman–Crippen LogP) is 6.37. The first-order valence-corrected chi connectivity index (χ1v) is 8.98. The zero-order valence-electron chi connectivity index (χ0n) is 15.2. The van der Waals surface area contributed by atoms with Gasteiger partial charge >= 0.3 is 18.5 Å².